The lowest BCUT2D eigenvalue weighted by Gasteiger charge is -2.20. The van der Waals surface area contributed by atoms with Gasteiger partial charge in [0.15, 0.2) is 5.69 Å². The highest BCUT2D eigenvalue weighted by Gasteiger charge is 2.27. The summed E-state index contributed by atoms with van der Waals surface area (Å²) < 4.78 is 0. The van der Waals surface area contributed by atoms with E-state index in [9.17, 15) is 4.79 Å². The third-order valence-electron chi connectivity index (χ3n) is 5.72. The number of amides is 1. The zero-order valence-electron chi connectivity index (χ0n) is 15.2. The molecular formula is C19H27N5O. The van der Waals surface area contributed by atoms with Crippen molar-refractivity contribution in [2.45, 2.75) is 64.8 Å². The van der Waals surface area contributed by atoms with E-state index in [-0.39, 0.29) is 5.91 Å². The number of hydrogen-bond acceptors (Lipinski definition) is 3. The molecule has 0 fully saturated rings. The fraction of sp³-hybridized carbons (Fsp3) is 0.632. The maximum atomic E-state index is 13.0. The summed E-state index contributed by atoms with van der Waals surface area (Å²) in [7, 11) is 1.85. The van der Waals surface area contributed by atoms with Crippen LogP contribution in [0.15, 0.2) is 0 Å². The van der Waals surface area contributed by atoms with Gasteiger partial charge in [-0.2, -0.15) is 10.2 Å². The number of hydrogen-bond donors (Lipinski definition) is 2. The second-order valence-electron chi connectivity index (χ2n) is 7.73. The van der Waals surface area contributed by atoms with Gasteiger partial charge in [-0.1, -0.05) is 13.3 Å². The molecule has 2 heterocycles. The molecule has 25 heavy (non-hydrogen) atoms. The van der Waals surface area contributed by atoms with Crippen LogP contribution in [0, 0.1) is 5.92 Å². The standard InChI is InChI=1S/C19H27N5O/c1-12-8-9-16-14(10-12)18(23-21-16)19(25)24(2)11-17-13-6-4-3-5-7-15(13)20-22-17/h12H,3-11H2,1-2H3,(H,20,22)(H,21,23)/t12-/m0/s1. The first-order valence-electron chi connectivity index (χ1n) is 9.50. The van der Waals surface area contributed by atoms with Crippen molar-refractivity contribution in [1.29, 1.82) is 0 Å². The molecule has 2 aliphatic carbocycles. The molecule has 1 amide bonds. The zero-order valence-corrected chi connectivity index (χ0v) is 15.2. The summed E-state index contributed by atoms with van der Waals surface area (Å²) in [5.41, 5.74) is 6.48. The fourth-order valence-corrected chi connectivity index (χ4v) is 4.18. The number of rotatable bonds is 3. The quantitative estimate of drug-likeness (QED) is 0.843. The summed E-state index contributed by atoms with van der Waals surface area (Å²) in [4.78, 5) is 14.7. The molecule has 6 heteroatoms. The van der Waals surface area contributed by atoms with Crippen LogP contribution < -0.4 is 0 Å². The lowest BCUT2D eigenvalue weighted by molar-refractivity contribution is 0.0776. The van der Waals surface area contributed by atoms with Crippen molar-refractivity contribution in [2.75, 3.05) is 7.05 Å². The lowest BCUT2D eigenvalue weighted by atomic mass is 9.87. The Bertz CT molecular complexity index is 775. The Hall–Kier alpha value is -2.11. The van der Waals surface area contributed by atoms with Gasteiger partial charge >= 0.3 is 0 Å². The Balaban J connectivity index is 1.52. The predicted octanol–water partition coefficient (Wildman–Crippen LogP) is 2.80. The number of carbonyl (C=O) groups excluding carboxylic acids is 1. The molecule has 2 N–H and O–H groups in total. The number of aromatic amines is 2. The highest BCUT2D eigenvalue weighted by atomic mass is 16.2. The first-order chi connectivity index (χ1) is 12.1. The first kappa shape index (κ1) is 16.4. The van der Waals surface area contributed by atoms with Gasteiger partial charge in [-0.15, -0.1) is 0 Å². The van der Waals surface area contributed by atoms with Gasteiger partial charge in [0.1, 0.15) is 0 Å². The van der Waals surface area contributed by atoms with Gasteiger partial charge in [-0.3, -0.25) is 15.0 Å². The normalized spacial score (nSPS) is 19.8. The molecule has 2 aromatic heterocycles. The van der Waals surface area contributed by atoms with Crippen molar-refractivity contribution in [3.05, 3.63) is 33.9 Å². The molecular weight excluding hydrogens is 314 g/mol. The van der Waals surface area contributed by atoms with Crippen molar-refractivity contribution in [3.63, 3.8) is 0 Å². The van der Waals surface area contributed by atoms with Gasteiger partial charge in [0.2, 0.25) is 0 Å². The van der Waals surface area contributed by atoms with Crippen molar-refractivity contribution >= 4 is 5.91 Å². The fourth-order valence-electron chi connectivity index (χ4n) is 4.18. The van der Waals surface area contributed by atoms with Gasteiger partial charge < -0.3 is 4.90 Å². The molecule has 0 aliphatic heterocycles. The Morgan fingerprint density at radius 1 is 1.08 bits per heavy atom. The van der Waals surface area contributed by atoms with E-state index >= 15 is 0 Å². The molecule has 0 unspecified atom stereocenters. The molecule has 0 saturated heterocycles. The van der Waals surface area contributed by atoms with Crippen LogP contribution in [0.5, 0.6) is 0 Å². The minimum Gasteiger partial charge on any atom is -0.334 e. The number of H-pyrrole nitrogens is 2. The number of fused-ring (bicyclic) bond motifs is 2. The molecule has 0 spiro atoms. The Kier molecular flexibility index (Phi) is 4.36. The second kappa shape index (κ2) is 6.65. The third-order valence-corrected chi connectivity index (χ3v) is 5.72. The van der Waals surface area contributed by atoms with Crippen molar-refractivity contribution in [1.82, 2.24) is 25.3 Å². The van der Waals surface area contributed by atoms with Crippen LogP contribution in [0.4, 0.5) is 0 Å². The molecule has 0 radical (unpaired) electrons. The smallest absolute Gasteiger partial charge is 0.274 e. The van der Waals surface area contributed by atoms with E-state index in [0.717, 1.165) is 49.1 Å². The molecule has 6 nitrogen and oxygen atoms in total. The van der Waals surface area contributed by atoms with Gasteiger partial charge in [0, 0.05) is 24.0 Å². The van der Waals surface area contributed by atoms with E-state index in [1.165, 1.54) is 30.5 Å². The van der Waals surface area contributed by atoms with Gasteiger partial charge in [0.25, 0.3) is 5.91 Å². The first-order valence-corrected chi connectivity index (χ1v) is 9.50. The predicted molar refractivity (Wildman–Crippen MR) is 95.4 cm³/mol. The second-order valence-corrected chi connectivity index (χ2v) is 7.73. The van der Waals surface area contributed by atoms with Crippen LogP contribution in [-0.4, -0.2) is 38.2 Å². The number of aromatic nitrogens is 4. The van der Waals surface area contributed by atoms with Crippen LogP contribution in [0.25, 0.3) is 0 Å². The minimum atomic E-state index is -0.00280. The van der Waals surface area contributed by atoms with Gasteiger partial charge in [-0.05, 0) is 56.4 Å². The number of carbonyl (C=O) groups is 1. The van der Waals surface area contributed by atoms with E-state index in [1.54, 1.807) is 4.90 Å². The number of nitrogens with zero attached hydrogens (tertiary/aromatic N) is 3. The molecule has 0 bridgehead atoms. The van der Waals surface area contributed by atoms with E-state index in [4.69, 9.17) is 0 Å². The van der Waals surface area contributed by atoms with Gasteiger partial charge in [-0.25, -0.2) is 0 Å². The van der Waals surface area contributed by atoms with Crippen molar-refractivity contribution in [3.8, 4) is 0 Å². The Morgan fingerprint density at radius 3 is 2.72 bits per heavy atom. The van der Waals surface area contributed by atoms with Crippen LogP contribution in [0.1, 0.15) is 71.3 Å². The summed E-state index contributed by atoms with van der Waals surface area (Å²) in [5, 5.41) is 15.1. The minimum absolute atomic E-state index is 0.00280. The van der Waals surface area contributed by atoms with Crippen LogP contribution in [-0.2, 0) is 32.2 Å². The topological polar surface area (TPSA) is 77.7 Å². The van der Waals surface area contributed by atoms with Crippen LogP contribution in [0.3, 0.4) is 0 Å². The molecule has 4 rings (SSSR count). The summed E-state index contributed by atoms with van der Waals surface area (Å²) in [6.45, 7) is 2.79. The summed E-state index contributed by atoms with van der Waals surface area (Å²) in [6.07, 6.45) is 8.95. The Labute approximate surface area is 148 Å². The molecule has 2 aromatic rings. The van der Waals surface area contributed by atoms with E-state index in [1.807, 2.05) is 7.05 Å². The van der Waals surface area contributed by atoms with E-state index < -0.39 is 0 Å². The average molecular weight is 341 g/mol. The highest BCUT2D eigenvalue weighted by Crippen LogP contribution is 2.27. The maximum absolute atomic E-state index is 13.0. The molecule has 0 aromatic carbocycles. The molecule has 1 atom stereocenters. The summed E-state index contributed by atoms with van der Waals surface area (Å²) in [6, 6.07) is 0. The number of nitrogens with one attached hydrogen (secondary N) is 2. The van der Waals surface area contributed by atoms with Crippen LogP contribution in [0.2, 0.25) is 0 Å². The molecule has 2 aliphatic rings. The summed E-state index contributed by atoms with van der Waals surface area (Å²) >= 11 is 0. The number of aryl methyl sites for hydroxylation is 2. The summed E-state index contributed by atoms with van der Waals surface area (Å²) in [5.74, 6) is 0.612. The molecule has 134 valence electrons. The van der Waals surface area contributed by atoms with Crippen molar-refractivity contribution < 1.29 is 4.79 Å². The highest BCUT2D eigenvalue weighted by molar-refractivity contribution is 5.93. The van der Waals surface area contributed by atoms with Crippen LogP contribution >= 0.6 is 0 Å². The third kappa shape index (κ3) is 3.10. The molecule has 0 saturated carbocycles. The van der Waals surface area contributed by atoms with Gasteiger partial charge in [0.05, 0.1) is 12.2 Å². The monoisotopic (exact) mass is 341 g/mol. The average Bonchev–Trinajstić information content (AvgIpc) is 3.10. The van der Waals surface area contributed by atoms with E-state index in [2.05, 4.69) is 27.3 Å². The zero-order chi connectivity index (χ0) is 17.4. The SMILES string of the molecule is C[C@H]1CCc2[nH]nc(C(=O)N(C)Cc3n[nH]c4c3CCCCC4)c2C1. The van der Waals surface area contributed by atoms with Crippen molar-refractivity contribution in [2.24, 2.45) is 5.92 Å². The Morgan fingerprint density at radius 2 is 1.84 bits per heavy atom. The maximum Gasteiger partial charge on any atom is 0.274 e. The van der Waals surface area contributed by atoms with E-state index in [0.29, 0.717) is 18.2 Å². The largest absolute Gasteiger partial charge is 0.334 e. The lowest BCUT2D eigenvalue weighted by Crippen LogP contribution is -2.28.